The molecule has 0 aliphatic heterocycles. The maximum absolute atomic E-state index is 6.04. The summed E-state index contributed by atoms with van der Waals surface area (Å²) in [4.78, 5) is 1.25. The van der Waals surface area contributed by atoms with Crippen molar-refractivity contribution in [1.82, 2.24) is 5.32 Å². The third-order valence-electron chi connectivity index (χ3n) is 3.67. The van der Waals surface area contributed by atoms with Crippen LogP contribution >= 0.6 is 27.3 Å². The number of thiophene rings is 1. The molecule has 0 radical (unpaired) electrons. The Kier molecular flexibility index (Phi) is 4.44. The number of fused-ring (bicyclic) bond motifs is 1. The van der Waals surface area contributed by atoms with Gasteiger partial charge in [0, 0.05) is 20.8 Å². The van der Waals surface area contributed by atoms with Crippen LogP contribution in [0.3, 0.4) is 0 Å². The number of nitrogens with one attached hydrogen (secondary N) is 1. The van der Waals surface area contributed by atoms with Gasteiger partial charge in [-0.15, -0.1) is 11.3 Å². The van der Waals surface area contributed by atoms with Crippen molar-refractivity contribution in [2.75, 3.05) is 6.54 Å². The Balaban J connectivity index is 1.75. The summed E-state index contributed by atoms with van der Waals surface area (Å²) in [5.41, 5.74) is 2.80. The summed E-state index contributed by atoms with van der Waals surface area (Å²) in [5, 5.41) is 5.64. The van der Waals surface area contributed by atoms with E-state index in [-0.39, 0.29) is 0 Å². The van der Waals surface area contributed by atoms with E-state index >= 15 is 0 Å². The fourth-order valence-corrected chi connectivity index (χ4v) is 4.16. The lowest BCUT2D eigenvalue weighted by atomic mass is 10.1. The van der Waals surface area contributed by atoms with E-state index in [1.54, 1.807) is 11.3 Å². The van der Waals surface area contributed by atoms with E-state index in [0.29, 0.717) is 12.6 Å². The Labute approximate surface area is 132 Å². The molecule has 20 heavy (non-hydrogen) atoms. The molecule has 0 fully saturated rings. The van der Waals surface area contributed by atoms with Gasteiger partial charge in [-0.3, -0.25) is 0 Å². The molecule has 1 aliphatic rings. The second-order valence-corrected chi connectivity index (χ2v) is 6.90. The van der Waals surface area contributed by atoms with Crippen LogP contribution in [0.25, 0.3) is 0 Å². The van der Waals surface area contributed by atoms with Gasteiger partial charge >= 0.3 is 0 Å². The van der Waals surface area contributed by atoms with E-state index in [0.717, 1.165) is 23.2 Å². The Morgan fingerprint density at radius 1 is 1.45 bits per heavy atom. The maximum atomic E-state index is 6.04. The highest BCUT2D eigenvalue weighted by Gasteiger charge is 2.24. The molecule has 1 heterocycles. The van der Waals surface area contributed by atoms with Crippen molar-refractivity contribution < 1.29 is 4.74 Å². The average molecular weight is 352 g/mol. The van der Waals surface area contributed by atoms with Crippen LogP contribution in [-0.2, 0) is 13.0 Å². The van der Waals surface area contributed by atoms with E-state index in [1.807, 2.05) is 0 Å². The van der Waals surface area contributed by atoms with Crippen LogP contribution in [0.5, 0.6) is 5.75 Å². The molecule has 4 heteroatoms. The van der Waals surface area contributed by atoms with Crippen LogP contribution in [0, 0.1) is 0 Å². The summed E-state index contributed by atoms with van der Waals surface area (Å²) in [7, 11) is 0. The third-order valence-corrected chi connectivity index (χ3v) is 5.34. The minimum absolute atomic E-state index is 0.495. The lowest BCUT2D eigenvalue weighted by molar-refractivity contribution is 0.307. The zero-order valence-corrected chi connectivity index (χ0v) is 13.9. The summed E-state index contributed by atoms with van der Waals surface area (Å²) in [6.45, 7) is 3.82. The zero-order valence-electron chi connectivity index (χ0n) is 11.5. The van der Waals surface area contributed by atoms with Gasteiger partial charge in [-0.05, 0) is 58.6 Å². The minimum atomic E-state index is 0.495. The molecule has 2 nitrogen and oxygen atoms in total. The van der Waals surface area contributed by atoms with Gasteiger partial charge in [0.2, 0.25) is 0 Å². The summed E-state index contributed by atoms with van der Waals surface area (Å²) in [5.74, 6) is 1.05. The molecule has 2 aromatic rings. The van der Waals surface area contributed by atoms with Crippen molar-refractivity contribution in [3.8, 4) is 5.75 Å². The quantitative estimate of drug-likeness (QED) is 0.843. The van der Waals surface area contributed by atoms with E-state index in [9.17, 15) is 0 Å². The first-order valence-electron chi connectivity index (χ1n) is 6.99. The molecule has 0 amide bonds. The fourth-order valence-electron chi connectivity index (χ4n) is 2.79. The number of benzene rings is 1. The monoisotopic (exact) mass is 351 g/mol. The van der Waals surface area contributed by atoms with Crippen molar-refractivity contribution in [1.29, 1.82) is 0 Å². The van der Waals surface area contributed by atoms with Gasteiger partial charge in [0.05, 0.1) is 0 Å². The minimum Gasteiger partial charge on any atom is -0.488 e. The first kappa shape index (κ1) is 14.1. The van der Waals surface area contributed by atoms with Crippen molar-refractivity contribution in [3.63, 3.8) is 0 Å². The van der Waals surface area contributed by atoms with Crippen molar-refractivity contribution in [3.05, 3.63) is 50.1 Å². The molecule has 1 aromatic carbocycles. The molecular formula is C16H18BrNOS. The second kappa shape index (κ2) is 6.29. The van der Waals surface area contributed by atoms with Crippen molar-refractivity contribution >= 4 is 27.3 Å². The predicted molar refractivity (Wildman–Crippen MR) is 87.5 cm³/mol. The van der Waals surface area contributed by atoms with Crippen LogP contribution in [-0.4, -0.2) is 6.54 Å². The van der Waals surface area contributed by atoms with Crippen LogP contribution in [0.2, 0.25) is 0 Å². The number of rotatable bonds is 5. The largest absolute Gasteiger partial charge is 0.488 e. The summed E-state index contributed by atoms with van der Waals surface area (Å²) in [6, 6.07) is 9.04. The van der Waals surface area contributed by atoms with Crippen molar-refractivity contribution in [2.45, 2.75) is 32.4 Å². The van der Waals surface area contributed by atoms with Gasteiger partial charge in [-0.25, -0.2) is 0 Å². The lowest BCUT2D eigenvalue weighted by Gasteiger charge is -2.14. The molecule has 1 unspecified atom stereocenters. The molecule has 0 spiro atoms. The third kappa shape index (κ3) is 2.92. The highest BCUT2D eigenvalue weighted by molar-refractivity contribution is 9.10. The summed E-state index contributed by atoms with van der Waals surface area (Å²) in [6.07, 6.45) is 2.28. The Bertz CT molecular complexity index is 596. The van der Waals surface area contributed by atoms with E-state index in [4.69, 9.17) is 4.74 Å². The average Bonchev–Trinajstić information content (AvgIpc) is 3.04. The smallest absolute Gasteiger partial charge is 0.123 e. The summed E-state index contributed by atoms with van der Waals surface area (Å²) >= 11 is 5.21. The molecule has 1 N–H and O–H groups in total. The zero-order chi connectivity index (χ0) is 13.9. The summed E-state index contributed by atoms with van der Waals surface area (Å²) < 4.78 is 7.17. The fraction of sp³-hybridized carbons (Fsp3) is 0.375. The van der Waals surface area contributed by atoms with Crippen LogP contribution in [0.15, 0.2) is 34.1 Å². The first-order chi connectivity index (χ1) is 9.78. The SMILES string of the molecule is CCNC1CCc2c(OCc3cc(Br)cs3)cccc21. The highest BCUT2D eigenvalue weighted by Crippen LogP contribution is 2.37. The number of hydrogen-bond acceptors (Lipinski definition) is 3. The molecule has 1 aliphatic carbocycles. The van der Waals surface area contributed by atoms with Gasteiger partial charge in [0.1, 0.15) is 12.4 Å². The number of halogens is 1. The van der Waals surface area contributed by atoms with Gasteiger partial charge < -0.3 is 10.1 Å². The second-order valence-electron chi connectivity index (χ2n) is 4.99. The number of ether oxygens (including phenoxy) is 1. The molecule has 1 aromatic heterocycles. The standard InChI is InChI=1S/C16H18BrNOS/c1-2-18-15-7-6-14-13(15)4-3-5-16(14)19-9-12-8-11(17)10-20-12/h3-5,8,10,15,18H,2,6-7,9H2,1H3. The molecule has 106 valence electrons. The highest BCUT2D eigenvalue weighted by atomic mass is 79.9. The first-order valence-corrected chi connectivity index (χ1v) is 8.66. The molecule has 0 bridgehead atoms. The number of hydrogen-bond donors (Lipinski definition) is 1. The molecule has 3 rings (SSSR count). The van der Waals surface area contributed by atoms with E-state index in [2.05, 4.69) is 57.8 Å². The van der Waals surface area contributed by atoms with Crippen LogP contribution in [0.4, 0.5) is 0 Å². The van der Waals surface area contributed by atoms with Gasteiger partial charge in [0.15, 0.2) is 0 Å². The molecule has 1 atom stereocenters. The van der Waals surface area contributed by atoms with Crippen molar-refractivity contribution in [2.24, 2.45) is 0 Å². The molecular weight excluding hydrogens is 334 g/mol. The van der Waals surface area contributed by atoms with Crippen LogP contribution < -0.4 is 10.1 Å². The Morgan fingerprint density at radius 2 is 2.35 bits per heavy atom. The topological polar surface area (TPSA) is 21.3 Å². The normalized spacial score (nSPS) is 17.2. The maximum Gasteiger partial charge on any atom is 0.123 e. The lowest BCUT2D eigenvalue weighted by Crippen LogP contribution is -2.18. The predicted octanol–water partition coefficient (Wildman–Crippen LogP) is 4.69. The van der Waals surface area contributed by atoms with Gasteiger partial charge in [0.25, 0.3) is 0 Å². The van der Waals surface area contributed by atoms with Gasteiger partial charge in [-0.2, -0.15) is 0 Å². The van der Waals surface area contributed by atoms with Crippen LogP contribution in [0.1, 0.15) is 35.4 Å². The Morgan fingerprint density at radius 3 is 3.10 bits per heavy atom. The Hall–Kier alpha value is -0.840. The van der Waals surface area contributed by atoms with E-state index < -0.39 is 0 Å². The molecule has 0 saturated heterocycles. The van der Waals surface area contributed by atoms with E-state index in [1.165, 1.54) is 22.4 Å². The van der Waals surface area contributed by atoms with Gasteiger partial charge in [-0.1, -0.05) is 19.1 Å². The molecule has 0 saturated carbocycles.